The van der Waals surface area contributed by atoms with Crippen molar-refractivity contribution in [2.24, 2.45) is 0 Å². The topological polar surface area (TPSA) is 78.4 Å². The second kappa shape index (κ2) is 8.36. The van der Waals surface area contributed by atoms with Gasteiger partial charge in [-0.05, 0) is 35.9 Å². The van der Waals surface area contributed by atoms with Gasteiger partial charge in [-0.2, -0.15) is 8.42 Å². The second-order valence-electron chi connectivity index (χ2n) is 3.65. The third-order valence-electron chi connectivity index (χ3n) is 2.14. The molecule has 0 atom stereocenters. The molecule has 0 fully saturated rings. The SMILES string of the molecule is O=S(=O)(O)SCCNCCCNc1ccccc1. The number of hydrogen-bond acceptors (Lipinski definition) is 5. The van der Waals surface area contributed by atoms with Gasteiger partial charge in [0.2, 0.25) is 0 Å². The molecule has 7 heteroatoms. The minimum absolute atomic E-state index is 0.352. The molecular weight excluding hydrogens is 272 g/mol. The van der Waals surface area contributed by atoms with Crippen LogP contribution in [-0.2, 0) is 9.15 Å². The van der Waals surface area contributed by atoms with E-state index >= 15 is 0 Å². The summed E-state index contributed by atoms with van der Waals surface area (Å²) in [6, 6.07) is 9.95. The highest BCUT2D eigenvalue weighted by molar-refractivity contribution is 8.69. The van der Waals surface area contributed by atoms with E-state index in [9.17, 15) is 8.42 Å². The van der Waals surface area contributed by atoms with Crippen molar-refractivity contribution in [1.29, 1.82) is 0 Å². The average Bonchev–Trinajstić information content (AvgIpc) is 2.32. The van der Waals surface area contributed by atoms with Gasteiger partial charge in [0, 0.05) is 24.5 Å². The number of hydrogen-bond donors (Lipinski definition) is 3. The van der Waals surface area contributed by atoms with Gasteiger partial charge in [0.1, 0.15) is 0 Å². The molecule has 0 aromatic heterocycles. The molecule has 0 spiro atoms. The van der Waals surface area contributed by atoms with Gasteiger partial charge in [-0.3, -0.25) is 4.55 Å². The number of benzene rings is 1. The van der Waals surface area contributed by atoms with Gasteiger partial charge in [0.05, 0.1) is 0 Å². The summed E-state index contributed by atoms with van der Waals surface area (Å²) in [5, 5.41) is 6.39. The van der Waals surface area contributed by atoms with Crippen molar-refractivity contribution in [2.45, 2.75) is 6.42 Å². The fourth-order valence-electron chi connectivity index (χ4n) is 1.35. The zero-order valence-corrected chi connectivity index (χ0v) is 11.6. The first kappa shape index (κ1) is 15.3. The van der Waals surface area contributed by atoms with Crippen molar-refractivity contribution in [3.05, 3.63) is 30.3 Å². The first-order valence-corrected chi connectivity index (χ1v) is 8.64. The van der Waals surface area contributed by atoms with Gasteiger partial charge in [-0.1, -0.05) is 18.2 Å². The molecule has 0 heterocycles. The van der Waals surface area contributed by atoms with Crippen LogP contribution in [0, 0.1) is 0 Å². The van der Waals surface area contributed by atoms with E-state index in [0.717, 1.165) is 25.2 Å². The van der Waals surface area contributed by atoms with Crippen LogP contribution in [0.15, 0.2) is 30.3 Å². The molecule has 0 radical (unpaired) electrons. The highest BCUT2D eigenvalue weighted by Crippen LogP contribution is 2.07. The van der Waals surface area contributed by atoms with Crippen molar-refractivity contribution in [3.63, 3.8) is 0 Å². The Morgan fingerprint density at radius 1 is 1.11 bits per heavy atom. The predicted molar refractivity (Wildman–Crippen MR) is 76.4 cm³/mol. The molecule has 0 bridgehead atoms. The highest BCUT2D eigenvalue weighted by Gasteiger charge is 2.03. The monoisotopic (exact) mass is 290 g/mol. The van der Waals surface area contributed by atoms with E-state index in [1.807, 2.05) is 30.3 Å². The molecule has 5 nitrogen and oxygen atoms in total. The van der Waals surface area contributed by atoms with Crippen LogP contribution in [0.2, 0.25) is 0 Å². The van der Waals surface area contributed by atoms with Crippen molar-refractivity contribution in [2.75, 3.05) is 30.7 Å². The van der Waals surface area contributed by atoms with Crippen LogP contribution in [0.3, 0.4) is 0 Å². The van der Waals surface area contributed by atoms with Crippen molar-refractivity contribution >= 4 is 25.6 Å². The molecule has 0 amide bonds. The van der Waals surface area contributed by atoms with Crippen LogP contribution in [-0.4, -0.2) is 38.4 Å². The van der Waals surface area contributed by atoms with Crippen molar-refractivity contribution in [1.82, 2.24) is 5.32 Å². The Labute approximate surface area is 112 Å². The van der Waals surface area contributed by atoms with E-state index < -0.39 is 9.15 Å². The fraction of sp³-hybridized carbons (Fsp3) is 0.455. The summed E-state index contributed by atoms with van der Waals surface area (Å²) in [6.07, 6.45) is 0.950. The number of para-hydroxylation sites is 1. The molecule has 0 saturated carbocycles. The van der Waals surface area contributed by atoms with Crippen molar-refractivity contribution in [3.8, 4) is 0 Å². The molecule has 0 aliphatic heterocycles. The lowest BCUT2D eigenvalue weighted by molar-refractivity contribution is 0.503. The van der Waals surface area contributed by atoms with Crippen LogP contribution in [0.1, 0.15) is 6.42 Å². The summed E-state index contributed by atoms with van der Waals surface area (Å²) in [4.78, 5) is 0. The molecule has 102 valence electrons. The first-order chi connectivity index (χ1) is 8.58. The molecule has 0 aliphatic rings. The number of rotatable bonds is 9. The molecule has 1 rings (SSSR count). The minimum atomic E-state index is -3.89. The summed E-state index contributed by atoms with van der Waals surface area (Å²) in [5.41, 5.74) is 1.10. The lowest BCUT2D eigenvalue weighted by atomic mass is 10.3. The van der Waals surface area contributed by atoms with Gasteiger partial charge in [0.25, 0.3) is 0 Å². The van der Waals surface area contributed by atoms with E-state index in [1.54, 1.807) is 0 Å². The molecule has 0 unspecified atom stereocenters. The van der Waals surface area contributed by atoms with E-state index in [0.29, 0.717) is 23.1 Å². The minimum Gasteiger partial charge on any atom is -0.385 e. The summed E-state index contributed by atoms with van der Waals surface area (Å²) in [7, 11) is -3.35. The molecule has 1 aromatic carbocycles. The van der Waals surface area contributed by atoms with Gasteiger partial charge in [-0.15, -0.1) is 0 Å². The normalized spacial score (nSPS) is 11.4. The van der Waals surface area contributed by atoms with E-state index in [4.69, 9.17) is 4.55 Å². The third kappa shape index (κ3) is 8.35. The molecule has 0 aliphatic carbocycles. The molecule has 0 saturated heterocycles. The Bertz CT molecular complexity index is 423. The Hall–Kier alpha value is -0.760. The fourth-order valence-corrected chi connectivity index (χ4v) is 2.67. The van der Waals surface area contributed by atoms with Gasteiger partial charge in [-0.25, -0.2) is 0 Å². The quantitative estimate of drug-likeness (QED) is 0.364. The second-order valence-corrected chi connectivity index (χ2v) is 7.12. The Morgan fingerprint density at radius 3 is 2.50 bits per heavy atom. The summed E-state index contributed by atoms with van der Waals surface area (Å²) in [5.74, 6) is 0.352. The molecule has 1 aromatic rings. The average molecular weight is 290 g/mol. The zero-order chi connectivity index (χ0) is 13.3. The maximum absolute atomic E-state index is 10.4. The third-order valence-corrected chi connectivity index (χ3v) is 4.21. The van der Waals surface area contributed by atoms with Crippen LogP contribution in [0.5, 0.6) is 0 Å². The number of nitrogens with one attached hydrogen (secondary N) is 2. The smallest absolute Gasteiger partial charge is 0.319 e. The first-order valence-electron chi connectivity index (χ1n) is 5.69. The summed E-state index contributed by atoms with van der Waals surface area (Å²) in [6.45, 7) is 2.24. The maximum atomic E-state index is 10.4. The standard InChI is InChI=1S/C11H18N2O3S2/c14-18(15,16)17-10-9-12-7-4-8-13-11-5-2-1-3-6-11/h1-3,5-6,12-13H,4,7-10H2,(H,14,15,16). The van der Waals surface area contributed by atoms with Crippen LogP contribution in [0.25, 0.3) is 0 Å². The van der Waals surface area contributed by atoms with Gasteiger partial charge in [0.15, 0.2) is 0 Å². The molecule has 18 heavy (non-hydrogen) atoms. The van der Waals surface area contributed by atoms with Gasteiger partial charge < -0.3 is 10.6 Å². The Kier molecular flexibility index (Phi) is 7.11. The summed E-state index contributed by atoms with van der Waals surface area (Å²) < 4.78 is 29.3. The largest absolute Gasteiger partial charge is 0.385 e. The van der Waals surface area contributed by atoms with Gasteiger partial charge >= 0.3 is 9.15 Å². The highest BCUT2D eigenvalue weighted by atomic mass is 33.1. The number of anilines is 1. The lowest BCUT2D eigenvalue weighted by Crippen LogP contribution is -2.21. The zero-order valence-electron chi connectivity index (χ0n) is 10.0. The Morgan fingerprint density at radius 2 is 1.83 bits per heavy atom. The lowest BCUT2D eigenvalue weighted by Gasteiger charge is -2.06. The molecule has 3 N–H and O–H groups in total. The summed E-state index contributed by atoms with van der Waals surface area (Å²) >= 11 is 0. The van der Waals surface area contributed by atoms with E-state index in [1.165, 1.54) is 0 Å². The van der Waals surface area contributed by atoms with E-state index in [2.05, 4.69) is 10.6 Å². The van der Waals surface area contributed by atoms with E-state index in [-0.39, 0.29) is 0 Å². The Balaban J connectivity index is 1.93. The van der Waals surface area contributed by atoms with Crippen LogP contribution < -0.4 is 10.6 Å². The van der Waals surface area contributed by atoms with Crippen LogP contribution >= 0.6 is 10.8 Å². The van der Waals surface area contributed by atoms with Crippen molar-refractivity contribution < 1.29 is 13.0 Å². The predicted octanol–water partition coefficient (Wildman–Crippen LogP) is 1.61. The maximum Gasteiger partial charge on any atom is 0.319 e. The van der Waals surface area contributed by atoms with Crippen LogP contribution in [0.4, 0.5) is 5.69 Å². The molecular formula is C11H18N2O3S2.